The minimum atomic E-state index is -0.580. The molecule has 3 aromatic rings. The fraction of sp³-hybridized carbons (Fsp3) is 0.364. The van der Waals surface area contributed by atoms with Gasteiger partial charge in [0.05, 0.1) is 18.9 Å². The minimum Gasteiger partial charge on any atom is -0.462 e. The van der Waals surface area contributed by atoms with Crippen LogP contribution in [0.5, 0.6) is 0 Å². The summed E-state index contributed by atoms with van der Waals surface area (Å²) < 4.78 is 20.5. The molecular weight excluding hydrogens is 429 g/mol. The highest BCUT2D eigenvalue weighted by molar-refractivity contribution is 5.94. The van der Waals surface area contributed by atoms with E-state index in [-0.39, 0.29) is 42.2 Å². The van der Waals surface area contributed by atoms with Crippen molar-refractivity contribution in [2.75, 3.05) is 25.0 Å². The number of hydrogen-bond donors (Lipinski definition) is 1. The molecular formula is C22H22FN7O3. The van der Waals surface area contributed by atoms with Crippen molar-refractivity contribution in [2.45, 2.75) is 32.2 Å². The summed E-state index contributed by atoms with van der Waals surface area (Å²) in [5.41, 5.74) is 1.14. The van der Waals surface area contributed by atoms with Crippen molar-refractivity contribution in [2.24, 2.45) is 0 Å². The fourth-order valence-electron chi connectivity index (χ4n) is 3.79. The standard InChI is InChI=1S/C22H22FN7O3/c1-2-33-22(32)16-10-26-21(17-11-25-18-6-5-14(23)12-30(17)18)28-20(16)27-15-4-3-9-29(13-15)19(31)7-8-24/h5-6,10-12,15H,2-4,7,9,13H2,1H3,(H,26,27,28). The lowest BCUT2D eigenvalue weighted by atomic mass is 10.0. The highest BCUT2D eigenvalue weighted by Gasteiger charge is 2.26. The summed E-state index contributed by atoms with van der Waals surface area (Å²) in [5, 5.41) is 12.1. The van der Waals surface area contributed by atoms with Crippen LogP contribution in [0.15, 0.2) is 30.7 Å². The Labute approximate surface area is 189 Å². The van der Waals surface area contributed by atoms with E-state index < -0.39 is 11.8 Å². The number of hydrogen-bond acceptors (Lipinski definition) is 8. The summed E-state index contributed by atoms with van der Waals surface area (Å²) in [6.07, 6.45) is 5.49. The molecule has 0 bridgehead atoms. The molecule has 0 aromatic carbocycles. The average molecular weight is 451 g/mol. The summed E-state index contributed by atoms with van der Waals surface area (Å²) in [4.78, 5) is 39.4. The lowest BCUT2D eigenvalue weighted by Crippen LogP contribution is -2.45. The number of amides is 1. The molecule has 1 saturated heterocycles. The second-order valence-corrected chi connectivity index (χ2v) is 7.55. The van der Waals surface area contributed by atoms with Crippen molar-refractivity contribution < 1.29 is 18.7 Å². The smallest absolute Gasteiger partial charge is 0.343 e. The third-order valence-electron chi connectivity index (χ3n) is 5.33. The van der Waals surface area contributed by atoms with E-state index in [0.29, 0.717) is 24.4 Å². The second-order valence-electron chi connectivity index (χ2n) is 7.55. The van der Waals surface area contributed by atoms with Gasteiger partial charge >= 0.3 is 5.97 Å². The Morgan fingerprint density at radius 3 is 2.97 bits per heavy atom. The normalized spacial score (nSPS) is 15.8. The second kappa shape index (κ2) is 9.60. The van der Waals surface area contributed by atoms with Crippen molar-refractivity contribution in [1.29, 1.82) is 5.26 Å². The van der Waals surface area contributed by atoms with Crippen LogP contribution < -0.4 is 5.32 Å². The summed E-state index contributed by atoms with van der Waals surface area (Å²) in [6, 6.07) is 4.55. The van der Waals surface area contributed by atoms with Gasteiger partial charge in [-0.15, -0.1) is 0 Å². The number of nitrogens with one attached hydrogen (secondary N) is 1. The summed E-state index contributed by atoms with van der Waals surface area (Å²) in [5.74, 6) is -0.747. The number of halogens is 1. The fourth-order valence-corrected chi connectivity index (χ4v) is 3.79. The first-order valence-electron chi connectivity index (χ1n) is 10.6. The van der Waals surface area contributed by atoms with Gasteiger partial charge in [-0.25, -0.2) is 24.1 Å². The van der Waals surface area contributed by atoms with E-state index >= 15 is 0 Å². The van der Waals surface area contributed by atoms with Crippen LogP contribution in [-0.2, 0) is 9.53 Å². The van der Waals surface area contributed by atoms with E-state index in [9.17, 15) is 14.0 Å². The Morgan fingerprint density at radius 2 is 2.18 bits per heavy atom. The van der Waals surface area contributed by atoms with E-state index in [2.05, 4.69) is 20.3 Å². The van der Waals surface area contributed by atoms with Crippen LogP contribution in [-0.4, -0.2) is 61.9 Å². The predicted octanol–water partition coefficient (Wildman–Crippen LogP) is 2.42. The molecule has 0 aliphatic carbocycles. The first-order chi connectivity index (χ1) is 16.0. The number of rotatable bonds is 6. The number of anilines is 1. The molecule has 1 unspecified atom stereocenters. The summed E-state index contributed by atoms with van der Waals surface area (Å²) in [7, 11) is 0. The number of piperidine rings is 1. The minimum absolute atomic E-state index is 0.154. The van der Waals surface area contributed by atoms with Gasteiger partial charge in [0.1, 0.15) is 35.0 Å². The Balaban J connectivity index is 1.67. The van der Waals surface area contributed by atoms with Crippen LogP contribution in [0.2, 0.25) is 0 Å². The van der Waals surface area contributed by atoms with Gasteiger partial charge in [0.2, 0.25) is 5.91 Å². The van der Waals surface area contributed by atoms with Crippen molar-refractivity contribution in [3.05, 3.63) is 42.1 Å². The third-order valence-corrected chi connectivity index (χ3v) is 5.33. The number of pyridine rings is 1. The number of likely N-dealkylation sites (tertiary alicyclic amines) is 1. The monoisotopic (exact) mass is 451 g/mol. The largest absolute Gasteiger partial charge is 0.462 e. The Kier molecular flexibility index (Phi) is 6.44. The maximum atomic E-state index is 13.8. The van der Waals surface area contributed by atoms with E-state index in [1.54, 1.807) is 17.9 Å². The van der Waals surface area contributed by atoms with Gasteiger partial charge in [-0.3, -0.25) is 9.20 Å². The zero-order valence-corrected chi connectivity index (χ0v) is 18.0. The highest BCUT2D eigenvalue weighted by Crippen LogP contribution is 2.24. The molecule has 3 aromatic heterocycles. The molecule has 0 saturated carbocycles. The molecule has 1 aliphatic rings. The molecule has 33 heavy (non-hydrogen) atoms. The van der Waals surface area contributed by atoms with E-state index in [1.165, 1.54) is 29.1 Å². The maximum Gasteiger partial charge on any atom is 0.343 e. The van der Waals surface area contributed by atoms with Gasteiger partial charge in [0.15, 0.2) is 5.82 Å². The van der Waals surface area contributed by atoms with Gasteiger partial charge in [-0.05, 0) is 31.9 Å². The lowest BCUT2D eigenvalue weighted by Gasteiger charge is -2.33. The predicted molar refractivity (Wildman–Crippen MR) is 116 cm³/mol. The van der Waals surface area contributed by atoms with Crippen molar-refractivity contribution in [1.82, 2.24) is 24.3 Å². The number of aromatic nitrogens is 4. The van der Waals surface area contributed by atoms with Crippen LogP contribution in [0.25, 0.3) is 17.2 Å². The van der Waals surface area contributed by atoms with Gasteiger partial charge in [-0.1, -0.05) is 0 Å². The number of nitriles is 1. The van der Waals surface area contributed by atoms with Crippen LogP contribution in [0.1, 0.15) is 36.5 Å². The van der Waals surface area contributed by atoms with Gasteiger partial charge < -0.3 is 15.0 Å². The number of fused-ring (bicyclic) bond motifs is 1. The summed E-state index contributed by atoms with van der Waals surface area (Å²) >= 11 is 0. The zero-order chi connectivity index (χ0) is 23.4. The molecule has 1 fully saturated rings. The highest BCUT2D eigenvalue weighted by atomic mass is 19.1. The SMILES string of the molecule is CCOC(=O)c1cnc(-c2cnc3ccc(F)cn23)nc1NC1CCCN(C(=O)CC#N)C1. The molecule has 0 radical (unpaired) electrons. The van der Waals surface area contributed by atoms with Crippen molar-refractivity contribution >= 4 is 23.3 Å². The van der Waals surface area contributed by atoms with Crippen LogP contribution in [0.4, 0.5) is 10.2 Å². The molecule has 1 aliphatic heterocycles. The Hall–Kier alpha value is -4.07. The topological polar surface area (TPSA) is 126 Å². The van der Waals surface area contributed by atoms with Crippen molar-refractivity contribution in [3.8, 4) is 17.6 Å². The number of carbonyl (C=O) groups is 2. The molecule has 4 heterocycles. The zero-order valence-electron chi connectivity index (χ0n) is 18.0. The van der Waals surface area contributed by atoms with Crippen LogP contribution in [0, 0.1) is 17.1 Å². The maximum absolute atomic E-state index is 13.8. The molecule has 170 valence electrons. The molecule has 11 heteroatoms. The number of esters is 1. The first-order valence-corrected chi connectivity index (χ1v) is 10.6. The quantitative estimate of drug-likeness (QED) is 0.567. The molecule has 4 rings (SSSR count). The Bertz CT molecular complexity index is 1240. The van der Waals surface area contributed by atoms with Crippen LogP contribution >= 0.6 is 0 Å². The lowest BCUT2D eigenvalue weighted by molar-refractivity contribution is -0.131. The van der Waals surface area contributed by atoms with Crippen molar-refractivity contribution in [3.63, 3.8) is 0 Å². The molecule has 1 N–H and O–H groups in total. The summed E-state index contributed by atoms with van der Waals surface area (Å²) in [6.45, 7) is 2.84. The van der Waals surface area contributed by atoms with Gasteiger partial charge in [-0.2, -0.15) is 5.26 Å². The third kappa shape index (κ3) is 4.74. The Morgan fingerprint density at radius 1 is 1.33 bits per heavy atom. The van der Waals surface area contributed by atoms with Gasteiger partial charge in [0.25, 0.3) is 0 Å². The van der Waals surface area contributed by atoms with Crippen LogP contribution in [0.3, 0.4) is 0 Å². The number of nitrogens with zero attached hydrogens (tertiary/aromatic N) is 6. The van der Waals surface area contributed by atoms with E-state index in [4.69, 9.17) is 10.00 Å². The van der Waals surface area contributed by atoms with Gasteiger partial charge in [0, 0.05) is 31.5 Å². The number of imidazole rings is 1. The average Bonchev–Trinajstić information content (AvgIpc) is 3.22. The van der Waals surface area contributed by atoms with E-state index in [1.807, 2.05) is 6.07 Å². The molecule has 10 nitrogen and oxygen atoms in total. The molecule has 1 amide bonds. The first kappa shape index (κ1) is 22.1. The molecule has 1 atom stereocenters. The molecule has 0 spiro atoms. The number of carbonyl (C=O) groups excluding carboxylic acids is 2. The number of ether oxygens (including phenoxy) is 1. The van der Waals surface area contributed by atoms with E-state index in [0.717, 1.165) is 12.8 Å².